The first kappa shape index (κ1) is 18.5. The number of pyridine rings is 1. The predicted octanol–water partition coefficient (Wildman–Crippen LogP) is 2.70. The molecule has 10 heteroatoms. The Morgan fingerprint density at radius 2 is 2.10 bits per heavy atom. The number of hydrogen-bond donors (Lipinski definition) is 0. The van der Waals surface area contributed by atoms with Crippen LogP contribution in [0.5, 0.6) is 0 Å². The highest BCUT2D eigenvalue weighted by Crippen LogP contribution is 2.33. The number of halogens is 1. The molecule has 2 amide bonds. The summed E-state index contributed by atoms with van der Waals surface area (Å²) in [4.78, 5) is 34.5. The molecule has 148 valence electrons. The molecular weight excluding hydrogens is 381 g/mol. The van der Waals surface area contributed by atoms with E-state index in [0.29, 0.717) is 16.9 Å². The molecule has 3 aromatic rings. The fourth-order valence-electron chi connectivity index (χ4n) is 3.03. The smallest absolute Gasteiger partial charge is 0.416 e. The molecule has 1 aliphatic rings. The lowest BCUT2D eigenvalue weighted by atomic mass is 10.0. The van der Waals surface area contributed by atoms with Gasteiger partial charge in [-0.1, -0.05) is 11.2 Å². The molecule has 1 fully saturated rings. The van der Waals surface area contributed by atoms with Crippen LogP contribution in [0.15, 0.2) is 47.4 Å². The Morgan fingerprint density at radius 1 is 1.28 bits per heavy atom. The monoisotopic (exact) mass is 397 g/mol. The third-order valence-electron chi connectivity index (χ3n) is 4.66. The van der Waals surface area contributed by atoms with Crippen molar-refractivity contribution >= 4 is 17.7 Å². The number of nitrogens with zero attached hydrogens (tertiary/aromatic N) is 5. The van der Waals surface area contributed by atoms with Crippen molar-refractivity contribution in [3.05, 3.63) is 48.7 Å². The minimum Gasteiger partial charge on any atom is -0.423 e. The highest BCUT2D eigenvalue weighted by atomic mass is 19.1. The van der Waals surface area contributed by atoms with Gasteiger partial charge in [0, 0.05) is 31.3 Å². The Hall–Kier alpha value is -3.82. The molecule has 0 spiro atoms. The lowest BCUT2D eigenvalue weighted by molar-refractivity contribution is -0.134. The van der Waals surface area contributed by atoms with Crippen LogP contribution in [-0.2, 0) is 9.53 Å². The van der Waals surface area contributed by atoms with E-state index in [4.69, 9.17) is 9.26 Å². The maximum atomic E-state index is 15.0. The van der Waals surface area contributed by atoms with Crippen molar-refractivity contribution in [3.8, 4) is 22.6 Å². The van der Waals surface area contributed by atoms with E-state index in [1.165, 1.54) is 36.2 Å². The lowest BCUT2D eigenvalue weighted by Gasteiger charge is -2.20. The maximum absolute atomic E-state index is 15.0. The molecule has 0 aliphatic carbocycles. The van der Waals surface area contributed by atoms with Gasteiger partial charge >= 0.3 is 6.09 Å². The summed E-state index contributed by atoms with van der Waals surface area (Å²) in [5.74, 6) is -0.560. The number of ether oxygens (including phenoxy) is 1. The van der Waals surface area contributed by atoms with Crippen molar-refractivity contribution in [1.29, 1.82) is 0 Å². The summed E-state index contributed by atoms with van der Waals surface area (Å²) >= 11 is 0. The van der Waals surface area contributed by atoms with E-state index in [9.17, 15) is 14.0 Å². The van der Waals surface area contributed by atoms with Crippen LogP contribution < -0.4 is 4.90 Å². The number of benzene rings is 1. The number of carbonyl (C=O) groups is 2. The summed E-state index contributed by atoms with van der Waals surface area (Å²) in [6.45, 7) is 1.48. The van der Waals surface area contributed by atoms with Crippen LogP contribution in [-0.4, -0.2) is 51.8 Å². The van der Waals surface area contributed by atoms with Gasteiger partial charge in [0.1, 0.15) is 11.5 Å². The van der Waals surface area contributed by atoms with Crippen molar-refractivity contribution in [2.45, 2.75) is 13.2 Å². The topological polar surface area (TPSA) is 102 Å². The number of anilines is 1. The Morgan fingerprint density at radius 3 is 2.79 bits per heavy atom. The summed E-state index contributed by atoms with van der Waals surface area (Å²) in [5, 5.41) is 3.76. The molecule has 0 bridgehead atoms. The van der Waals surface area contributed by atoms with Crippen LogP contribution in [0.1, 0.15) is 6.92 Å². The standard InChI is InChI=1S/C19H16FN5O4/c1-11(26)24(2)16-9-25(19(27)29-16)12-5-6-13(15(20)8-12)14-4-3-7-21-17(14)18-22-10-28-23-18/h3-8,10,16H,9H2,1-2H3/t16-/m0/s1. The van der Waals surface area contributed by atoms with Crippen molar-refractivity contribution in [3.63, 3.8) is 0 Å². The third kappa shape index (κ3) is 3.40. The van der Waals surface area contributed by atoms with Crippen LogP contribution in [0, 0.1) is 5.82 Å². The van der Waals surface area contributed by atoms with Gasteiger partial charge in [-0.25, -0.2) is 9.18 Å². The summed E-state index contributed by atoms with van der Waals surface area (Å²) < 4.78 is 24.9. The summed E-state index contributed by atoms with van der Waals surface area (Å²) in [6, 6.07) is 7.74. The van der Waals surface area contributed by atoms with Gasteiger partial charge in [-0.15, -0.1) is 0 Å². The van der Waals surface area contributed by atoms with Gasteiger partial charge in [-0.05, 0) is 24.3 Å². The third-order valence-corrected chi connectivity index (χ3v) is 4.66. The summed E-state index contributed by atoms with van der Waals surface area (Å²) in [7, 11) is 1.54. The highest BCUT2D eigenvalue weighted by molar-refractivity contribution is 5.91. The largest absolute Gasteiger partial charge is 0.423 e. The van der Waals surface area contributed by atoms with E-state index in [1.807, 2.05) is 0 Å². The second-order valence-electron chi connectivity index (χ2n) is 6.40. The van der Waals surface area contributed by atoms with E-state index in [2.05, 4.69) is 15.1 Å². The molecule has 2 aromatic heterocycles. The highest BCUT2D eigenvalue weighted by Gasteiger charge is 2.36. The zero-order chi connectivity index (χ0) is 20.5. The van der Waals surface area contributed by atoms with Crippen LogP contribution >= 0.6 is 0 Å². The first-order chi connectivity index (χ1) is 14.0. The fourth-order valence-corrected chi connectivity index (χ4v) is 3.03. The number of cyclic esters (lactones) is 1. The molecule has 3 heterocycles. The van der Waals surface area contributed by atoms with Gasteiger partial charge in [0.25, 0.3) is 0 Å². The molecule has 4 rings (SSSR count). The van der Waals surface area contributed by atoms with Gasteiger partial charge in [0.05, 0.1) is 12.2 Å². The number of amides is 2. The van der Waals surface area contributed by atoms with Gasteiger partial charge in [0.2, 0.25) is 18.1 Å². The summed E-state index contributed by atoms with van der Waals surface area (Å²) in [6.07, 6.45) is 1.34. The quantitative estimate of drug-likeness (QED) is 0.667. The Bertz CT molecular complexity index is 1070. The Balaban J connectivity index is 1.65. The van der Waals surface area contributed by atoms with Gasteiger partial charge in [-0.2, -0.15) is 4.98 Å². The van der Waals surface area contributed by atoms with Crippen molar-refractivity contribution in [1.82, 2.24) is 20.0 Å². The second-order valence-corrected chi connectivity index (χ2v) is 6.40. The zero-order valence-electron chi connectivity index (χ0n) is 15.6. The molecule has 0 N–H and O–H groups in total. The molecule has 1 saturated heterocycles. The van der Waals surface area contributed by atoms with Crippen LogP contribution in [0.4, 0.5) is 14.9 Å². The average Bonchev–Trinajstić information content (AvgIpc) is 3.37. The van der Waals surface area contributed by atoms with Crippen LogP contribution in [0.2, 0.25) is 0 Å². The maximum Gasteiger partial charge on any atom is 0.416 e. The number of likely N-dealkylation sites (N-methyl/N-ethyl adjacent to an activating group) is 1. The van der Waals surface area contributed by atoms with E-state index < -0.39 is 18.1 Å². The molecule has 0 saturated carbocycles. The minimum atomic E-state index is -0.731. The van der Waals surface area contributed by atoms with Crippen molar-refractivity contribution < 1.29 is 23.2 Å². The van der Waals surface area contributed by atoms with Crippen LogP contribution in [0.25, 0.3) is 22.6 Å². The van der Waals surface area contributed by atoms with E-state index in [1.54, 1.807) is 30.5 Å². The number of hydrogen-bond acceptors (Lipinski definition) is 7. The van der Waals surface area contributed by atoms with Crippen molar-refractivity contribution in [2.24, 2.45) is 0 Å². The molecule has 1 aromatic carbocycles. The number of rotatable bonds is 4. The second kappa shape index (κ2) is 7.30. The van der Waals surface area contributed by atoms with E-state index in [0.717, 1.165) is 0 Å². The van der Waals surface area contributed by atoms with Gasteiger partial charge in [-0.3, -0.25) is 14.7 Å². The molecule has 1 atom stereocenters. The van der Waals surface area contributed by atoms with Crippen molar-refractivity contribution in [2.75, 3.05) is 18.5 Å². The fraction of sp³-hybridized carbons (Fsp3) is 0.211. The molecule has 9 nitrogen and oxygen atoms in total. The number of carbonyl (C=O) groups excluding carboxylic acids is 2. The molecule has 1 aliphatic heterocycles. The van der Waals surface area contributed by atoms with E-state index in [-0.39, 0.29) is 23.8 Å². The minimum absolute atomic E-state index is 0.106. The lowest BCUT2D eigenvalue weighted by Crippen LogP contribution is -2.38. The Labute approximate surface area is 164 Å². The molecular formula is C19H16FN5O4. The molecule has 0 unspecified atom stereocenters. The zero-order valence-corrected chi connectivity index (χ0v) is 15.6. The molecule has 29 heavy (non-hydrogen) atoms. The van der Waals surface area contributed by atoms with E-state index >= 15 is 0 Å². The average molecular weight is 397 g/mol. The van der Waals surface area contributed by atoms with Gasteiger partial charge < -0.3 is 14.2 Å². The number of aromatic nitrogens is 3. The van der Waals surface area contributed by atoms with Crippen LogP contribution in [0.3, 0.4) is 0 Å². The van der Waals surface area contributed by atoms with Gasteiger partial charge in [0.15, 0.2) is 6.23 Å². The Kier molecular flexibility index (Phi) is 4.67. The first-order valence-corrected chi connectivity index (χ1v) is 8.69. The first-order valence-electron chi connectivity index (χ1n) is 8.69. The predicted molar refractivity (Wildman–Crippen MR) is 99.0 cm³/mol. The SMILES string of the molecule is CC(=O)N(C)[C@@H]1CN(c2ccc(-c3cccnc3-c3ncon3)c(F)c2)C(=O)O1. The molecule has 0 radical (unpaired) electrons. The summed E-state index contributed by atoms with van der Waals surface area (Å²) in [5.41, 5.74) is 1.44. The normalized spacial score (nSPS) is 16.0.